The molecule has 1 aromatic carbocycles. The average molecular weight is 297 g/mol. The summed E-state index contributed by atoms with van der Waals surface area (Å²) in [5.74, 6) is 2.69. The first-order chi connectivity index (χ1) is 10.6. The molecular formula is C15H16BN3O3. The Balaban J connectivity index is 1.95. The number of amides is 3. The van der Waals surface area contributed by atoms with Gasteiger partial charge < -0.3 is 4.74 Å². The van der Waals surface area contributed by atoms with Gasteiger partial charge in [-0.15, -0.1) is 0 Å². The van der Waals surface area contributed by atoms with Crippen molar-refractivity contribution < 1.29 is 14.3 Å². The van der Waals surface area contributed by atoms with Crippen LogP contribution in [0.4, 0.5) is 10.5 Å². The minimum absolute atomic E-state index is 0.0353. The number of anilines is 1. The number of carbonyl (C=O) groups is 2. The van der Waals surface area contributed by atoms with Crippen LogP contribution in [0.3, 0.4) is 0 Å². The predicted octanol–water partition coefficient (Wildman–Crippen LogP) is 1.84. The Morgan fingerprint density at radius 2 is 1.91 bits per heavy atom. The normalized spacial score (nSPS) is 20.0. The Morgan fingerprint density at radius 1 is 1.27 bits per heavy atom. The fourth-order valence-electron chi connectivity index (χ4n) is 3.34. The van der Waals surface area contributed by atoms with Crippen LogP contribution in [0.2, 0.25) is 12.6 Å². The molecule has 1 spiro atoms. The molecule has 0 radical (unpaired) electrons. The summed E-state index contributed by atoms with van der Waals surface area (Å²) in [7, 11) is 1.58. The molecule has 3 amide bonds. The minimum Gasteiger partial charge on any atom is -0.497 e. The van der Waals surface area contributed by atoms with E-state index >= 15 is 0 Å². The van der Waals surface area contributed by atoms with Crippen molar-refractivity contribution in [3.63, 3.8) is 0 Å². The molecule has 0 aromatic heterocycles. The topological polar surface area (TPSA) is 82.4 Å². The number of hydrogen-bond donors (Lipinski definition) is 1. The maximum Gasteiger partial charge on any atom is 0.329 e. The van der Waals surface area contributed by atoms with Crippen molar-refractivity contribution in [2.24, 2.45) is 0 Å². The van der Waals surface area contributed by atoms with Gasteiger partial charge in [-0.05, 0) is 37.1 Å². The standard InChI is InChI=1S/C15H16BN3O3/c1-22-12-4-2-11(3-5-12)19-14(21)18-13(20)15(19)6-8-16(10-17)9-7-15/h2-5H,6-9H2,1H3,(H,18,20,21). The smallest absolute Gasteiger partial charge is 0.329 e. The minimum atomic E-state index is -0.862. The highest BCUT2D eigenvalue weighted by atomic mass is 16.5. The molecule has 1 aromatic rings. The van der Waals surface area contributed by atoms with Gasteiger partial charge in [0.05, 0.1) is 7.11 Å². The zero-order valence-electron chi connectivity index (χ0n) is 12.3. The van der Waals surface area contributed by atoms with Gasteiger partial charge in [0.1, 0.15) is 11.3 Å². The number of rotatable bonds is 2. The van der Waals surface area contributed by atoms with Gasteiger partial charge in [-0.3, -0.25) is 15.0 Å². The highest BCUT2D eigenvalue weighted by molar-refractivity contribution is 6.67. The third-order valence-corrected chi connectivity index (χ3v) is 4.60. The zero-order chi connectivity index (χ0) is 15.7. The number of nitriles is 1. The lowest BCUT2D eigenvalue weighted by Crippen LogP contribution is -2.53. The lowest BCUT2D eigenvalue weighted by atomic mass is 9.40. The number of hydrogen-bond acceptors (Lipinski definition) is 4. The van der Waals surface area contributed by atoms with Crippen LogP contribution >= 0.6 is 0 Å². The van der Waals surface area contributed by atoms with Crippen LogP contribution in [0.25, 0.3) is 0 Å². The van der Waals surface area contributed by atoms with Gasteiger partial charge >= 0.3 is 6.03 Å². The molecule has 2 aliphatic rings. The molecule has 0 unspecified atom stereocenters. The first-order valence-electron chi connectivity index (χ1n) is 7.30. The van der Waals surface area contributed by atoms with E-state index in [0.717, 1.165) is 0 Å². The molecule has 3 rings (SSSR count). The van der Waals surface area contributed by atoms with Crippen LogP contribution in [0, 0.1) is 11.2 Å². The number of urea groups is 1. The van der Waals surface area contributed by atoms with Crippen LogP contribution in [-0.2, 0) is 4.79 Å². The summed E-state index contributed by atoms with van der Waals surface area (Å²) < 4.78 is 5.12. The molecule has 2 fully saturated rings. The van der Waals surface area contributed by atoms with Gasteiger partial charge in [0.25, 0.3) is 12.6 Å². The summed E-state index contributed by atoms with van der Waals surface area (Å²) in [5.41, 5.74) is -0.196. The number of methoxy groups -OCH3 is 1. The van der Waals surface area contributed by atoms with Crippen molar-refractivity contribution in [1.82, 2.24) is 5.32 Å². The molecule has 22 heavy (non-hydrogen) atoms. The number of imide groups is 1. The van der Waals surface area contributed by atoms with Crippen molar-refractivity contribution in [2.75, 3.05) is 12.0 Å². The SMILES string of the molecule is COc1ccc(N2C(=O)NC(=O)C23CCB(C#N)CC3)cc1. The molecule has 2 heterocycles. The van der Waals surface area contributed by atoms with Crippen LogP contribution in [0.1, 0.15) is 12.8 Å². The lowest BCUT2D eigenvalue weighted by molar-refractivity contribution is -0.123. The Kier molecular flexibility index (Phi) is 3.53. The second-order valence-electron chi connectivity index (χ2n) is 5.73. The molecule has 0 saturated carbocycles. The Hall–Kier alpha value is -2.49. The highest BCUT2D eigenvalue weighted by Gasteiger charge is 2.55. The number of nitrogens with zero attached hydrogens (tertiary/aromatic N) is 2. The summed E-state index contributed by atoms with van der Waals surface area (Å²) in [4.78, 5) is 26.2. The molecule has 0 aliphatic carbocycles. The van der Waals surface area contributed by atoms with Gasteiger partial charge in [-0.25, -0.2) is 10.1 Å². The highest BCUT2D eigenvalue weighted by Crippen LogP contribution is 2.40. The molecule has 7 heteroatoms. The molecular weight excluding hydrogens is 281 g/mol. The van der Waals surface area contributed by atoms with Gasteiger partial charge in [0.2, 0.25) is 0 Å². The van der Waals surface area contributed by atoms with Crippen LogP contribution in [-0.4, -0.2) is 31.3 Å². The fourth-order valence-corrected chi connectivity index (χ4v) is 3.34. The first kappa shape index (κ1) is 14.5. The van der Waals surface area contributed by atoms with E-state index in [-0.39, 0.29) is 12.6 Å². The first-order valence-corrected chi connectivity index (χ1v) is 7.30. The van der Waals surface area contributed by atoms with Crippen molar-refractivity contribution in [2.45, 2.75) is 31.0 Å². The maximum atomic E-state index is 12.4. The van der Waals surface area contributed by atoms with Gasteiger partial charge in [-0.2, -0.15) is 0 Å². The second-order valence-corrected chi connectivity index (χ2v) is 5.73. The van der Waals surface area contributed by atoms with E-state index in [1.165, 1.54) is 0 Å². The van der Waals surface area contributed by atoms with Gasteiger partial charge in [-0.1, -0.05) is 12.6 Å². The van der Waals surface area contributed by atoms with E-state index in [1.54, 1.807) is 36.3 Å². The van der Waals surface area contributed by atoms with Gasteiger partial charge in [0, 0.05) is 11.7 Å². The zero-order valence-corrected chi connectivity index (χ0v) is 12.3. The van der Waals surface area contributed by atoms with Crippen LogP contribution in [0.5, 0.6) is 5.75 Å². The van der Waals surface area contributed by atoms with Crippen molar-refractivity contribution in [3.8, 4) is 11.7 Å². The summed E-state index contributed by atoms with van der Waals surface area (Å²) in [6, 6.07) is 6.68. The second kappa shape index (κ2) is 5.37. The lowest BCUT2D eigenvalue weighted by Gasteiger charge is -2.38. The molecule has 2 aliphatic heterocycles. The predicted molar refractivity (Wildman–Crippen MR) is 82.0 cm³/mol. The van der Waals surface area contributed by atoms with Crippen LogP contribution < -0.4 is 15.0 Å². The van der Waals surface area contributed by atoms with Crippen molar-refractivity contribution >= 4 is 24.3 Å². The fraction of sp³-hybridized carbons (Fsp3) is 0.400. The largest absolute Gasteiger partial charge is 0.497 e. The summed E-state index contributed by atoms with van der Waals surface area (Å²) in [6.45, 7) is -0.0353. The average Bonchev–Trinajstić information content (AvgIpc) is 2.79. The van der Waals surface area contributed by atoms with Crippen molar-refractivity contribution in [1.29, 1.82) is 5.26 Å². The Labute approximate surface area is 129 Å². The number of ether oxygens (including phenoxy) is 1. The molecule has 0 atom stereocenters. The van der Waals surface area contributed by atoms with E-state index in [9.17, 15) is 9.59 Å². The van der Waals surface area contributed by atoms with Crippen LogP contribution in [0.15, 0.2) is 24.3 Å². The van der Waals surface area contributed by atoms with E-state index in [2.05, 4.69) is 11.3 Å². The summed E-state index contributed by atoms with van der Waals surface area (Å²) in [6.07, 6.45) is 2.28. The third kappa shape index (κ3) is 2.12. The van der Waals surface area contributed by atoms with E-state index in [4.69, 9.17) is 10.00 Å². The maximum absolute atomic E-state index is 12.4. The van der Waals surface area contributed by atoms with E-state index < -0.39 is 11.6 Å². The van der Waals surface area contributed by atoms with Crippen molar-refractivity contribution in [3.05, 3.63) is 24.3 Å². The third-order valence-electron chi connectivity index (χ3n) is 4.60. The molecule has 1 N–H and O–H groups in total. The number of benzene rings is 1. The van der Waals surface area contributed by atoms with E-state index in [1.807, 2.05) is 0 Å². The molecule has 2 saturated heterocycles. The summed E-state index contributed by atoms with van der Waals surface area (Å²) in [5, 5.41) is 11.5. The summed E-state index contributed by atoms with van der Waals surface area (Å²) >= 11 is 0. The quantitative estimate of drug-likeness (QED) is 0.667. The molecule has 112 valence electrons. The molecule has 0 bridgehead atoms. The van der Waals surface area contributed by atoms with Gasteiger partial charge in [0.15, 0.2) is 0 Å². The Bertz CT molecular complexity index is 645. The number of nitrogens with one attached hydrogen (secondary N) is 1. The van der Waals surface area contributed by atoms with E-state index in [0.29, 0.717) is 36.9 Å². The molecule has 6 nitrogen and oxygen atoms in total. The Morgan fingerprint density at radius 3 is 2.45 bits per heavy atom. The number of carbonyl (C=O) groups excluding carboxylic acids is 2. The monoisotopic (exact) mass is 297 g/mol.